The molecule has 7 nitrogen and oxygen atoms in total. The summed E-state index contributed by atoms with van der Waals surface area (Å²) in [4.78, 5) is 26.2. The van der Waals surface area contributed by atoms with Crippen LogP contribution in [0.5, 0.6) is 0 Å². The zero-order valence-corrected chi connectivity index (χ0v) is 14.3. The third kappa shape index (κ3) is 3.95. The maximum atomic E-state index is 12.4. The summed E-state index contributed by atoms with van der Waals surface area (Å²) in [6.07, 6.45) is 0. The van der Waals surface area contributed by atoms with Gasteiger partial charge in [0.2, 0.25) is 5.91 Å². The number of carbonyl (C=O) groups excluding carboxylic acids is 1. The van der Waals surface area contributed by atoms with Crippen molar-refractivity contribution in [1.82, 2.24) is 24.7 Å². The van der Waals surface area contributed by atoms with Crippen LogP contribution in [0.2, 0.25) is 5.02 Å². The predicted octanol–water partition coefficient (Wildman–Crippen LogP) is 1.74. The summed E-state index contributed by atoms with van der Waals surface area (Å²) in [5.41, 5.74) is 1.04. The Bertz CT molecular complexity index is 935. The molecular formula is C17H16ClN5O2. The molecule has 0 N–H and O–H groups in total. The van der Waals surface area contributed by atoms with Gasteiger partial charge in [-0.15, -0.1) is 0 Å². The third-order valence-corrected chi connectivity index (χ3v) is 3.89. The quantitative estimate of drug-likeness (QED) is 0.697. The van der Waals surface area contributed by atoms with Gasteiger partial charge in [0.25, 0.3) is 0 Å². The van der Waals surface area contributed by atoms with Gasteiger partial charge in [-0.05, 0) is 40.3 Å². The fourth-order valence-corrected chi connectivity index (χ4v) is 2.56. The van der Waals surface area contributed by atoms with E-state index in [0.717, 1.165) is 14.9 Å². The van der Waals surface area contributed by atoms with Crippen molar-refractivity contribution >= 4 is 17.5 Å². The number of halogens is 1. The summed E-state index contributed by atoms with van der Waals surface area (Å²) in [6.45, 7) is 0.212. The summed E-state index contributed by atoms with van der Waals surface area (Å²) in [6, 6.07) is 16.2. The van der Waals surface area contributed by atoms with Crippen LogP contribution in [0.15, 0.2) is 59.4 Å². The maximum Gasteiger partial charge on any atom is 0.368 e. The van der Waals surface area contributed by atoms with Gasteiger partial charge >= 0.3 is 5.69 Å². The summed E-state index contributed by atoms with van der Waals surface area (Å²) in [5, 5.41) is 8.22. The zero-order chi connectivity index (χ0) is 17.8. The molecule has 0 unspecified atom stereocenters. The number of nitrogens with zero attached hydrogens (tertiary/aromatic N) is 5. The lowest BCUT2D eigenvalue weighted by Gasteiger charge is -2.16. The van der Waals surface area contributed by atoms with E-state index in [-0.39, 0.29) is 12.5 Å². The number of tetrazole rings is 1. The largest absolute Gasteiger partial charge is 0.368 e. The van der Waals surface area contributed by atoms with Crippen molar-refractivity contribution < 1.29 is 4.79 Å². The van der Waals surface area contributed by atoms with Gasteiger partial charge in [0, 0.05) is 18.6 Å². The second-order valence-corrected chi connectivity index (χ2v) is 5.98. The molecule has 0 bridgehead atoms. The summed E-state index contributed by atoms with van der Waals surface area (Å²) >= 11 is 5.95. The highest BCUT2D eigenvalue weighted by atomic mass is 35.5. The van der Waals surface area contributed by atoms with Crippen molar-refractivity contribution in [1.29, 1.82) is 0 Å². The average molecular weight is 358 g/mol. The standard InChI is InChI=1S/C17H16ClN5O2/c1-21(11-13-6-5-7-14(18)10-13)16(24)12-22-17(25)23(20-19-22)15-8-3-2-4-9-15/h2-10H,11-12H2,1H3. The highest BCUT2D eigenvalue weighted by Gasteiger charge is 2.15. The summed E-state index contributed by atoms with van der Waals surface area (Å²) in [7, 11) is 1.66. The van der Waals surface area contributed by atoms with E-state index in [1.165, 1.54) is 4.90 Å². The number of carbonyl (C=O) groups is 1. The van der Waals surface area contributed by atoms with Crippen LogP contribution in [0.1, 0.15) is 5.56 Å². The van der Waals surface area contributed by atoms with Crippen molar-refractivity contribution in [2.75, 3.05) is 7.05 Å². The minimum Gasteiger partial charge on any atom is -0.340 e. The molecule has 0 aliphatic carbocycles. The number of benzene rings is 2. The smallest absolute Gasteiger partial charge is 0.340 e. The number of hydrogen-bond acceptors (Lipinski definition) is 4. The number of para-hydroxylation sites is 1. The van der Waals surface area contributed by atoms with Crippen LogP contribution in [0, 0.1) is 0 Å². The lowest BCUT2D eigenvalue weighted by atomic mass is 10.2. The third-order valence-electron chi connectivity index (χ3n) is 3.66. The lowest BCUT2D eigenvalue weighted by molar-refractivity contribution is -0.131. The summed E-state index contributed by atoms with van der Waals surface area (Å²) in [5.74, 6) is -0.248. The van der Waals surface area contributed by atoms with Crippen LogP contribution in [0.4, 0.5) is 0 Å². The Labute approximate surface area is 149 Å². The van der Waals surface area contributed by atoms with Gasteiger partial charge < -0.3 is 4.90 Å². The monoisotopic (exact) mass is 357 g/mol. The molecule has 0 saturated carbocycles. The van der Waals surface area contributed by atoms with E-state index in [4.69, 9.17) is 11.6 Å². The van der Waals surface area contributed by atoms with Gasteiger partial charge in [0.05, 0.1) is 5.69 Å². The van der Waals surface area contributed by atoms with Crippen LogP contribution in [-0.4, -0.2) is 37.6 Å². The van der Waals surface area contributed by atoms with Crippen molar-refractivity contribution in [2.24, 2.45) is 0 Å². The Hall–Kier alpha value is -2.93. The van der Waals surface area contributed by atoms with Crippen LogP contribution in [-0.2, 0) is 17.9 Å². The van der Waals surface area contributed by atoms with Crippen molar-refractivity contribution in [3.05, 3.63) is 75.7 Å². The fourth-order valence-electron chi connectivity index (χ4n) is 2.35. The number of hydrogen-bond donors (Lipinski definition) is 0. The molecule has 1 heterocycles. The Morgan fingerprint density at radius 1 is 1.12 bits per heavy atom. The zero-order valence-electron chi connectivity index (χ0n) is 13.5. The highest BCUT2D eigenvalue weighted by molar-refractivity contribution is 6.30. The van der Waals surface area contributed by atoms with E-state index in [9.17, 15) is 9.59 Å². The molecule has 0 aliphatic rings. The van der Waals surface area contributed by atoms with E-state index in [1.807, 2.05) is 18.2 Å². The van der Waals surface area contributed by atoms with Gasteiger partial charge in [0.15, 0.2) is 0 Å². The topological polar surface area (TPSA) is 73.0 Å². The maximum absolute atomic E-state index is 12.4. The van der Waals surface area contributed by atoms with Crippen LogP contribution in [0.25, 0.3) is 5.69 Å². The van der Waals surface area contributed by atoms with Crippen LogP contribution in [0.3, 0.4) is 0 Å². The van der Waals surface area contributed by atoms with Crippen molar-refractivity contribution in [3.63, 3.8) is 0 Å². The first-order valence-corrected chi connectivity index (χ1v) is 7.99. The molecule has 25 heavy (non-hydrogen) atoms. The van der Waals surface area contributed by atoms with Gasteiger partial charge in [-0.1, -0.05) is 41.9 Å². The first-order chi connectivity index (χ1) is 12.0. The Kier molecular flexibility index (Phi) is 4.95. The molecular weight excluding hydrogens is 342 g/mol. The molecule has 3 aromatic rings. The minimum absolute atomic E-state index is 0.178. The van der Waals surface area contributed by atoms with E-state index < -0.39 is 5.69 Å². The summed E-state index contributed by atoms with van der Waals surface area (Å²) < 4.78 is 2.20. The molecule has 0 atom stereocenters. The number of aromatic nitrogens is 4. The molecule has 3 rings (SSSR count). The fraction of sp³-hybridized carbons (Fsp3) is 0.176. The molecule has 8 heteroatoms. The van der Waals surface area contributed by atoms with E-state index in [2.05, 4.69) is 10.4 Å². The number of likely N-dealkylation sites (N-methyl/N-ethyl adjacent to an activating group) is 1. The van der Waals surface area contributed by atoms with E-state index in [1.54, 1.807) is 43.4 Å². The first-order valence-electron chi connectivity index (χ1n) is 7.61. The normalized spacial score (nSPS) is 10.6. The van der Waals surface area contributed by atoms with Gasteiger partial charge in [0.1, 0.15) is 6.54 Å². The van der Waals surface area contributed by atoms with Gasteiger partial charge in [-0.25, -0.2) is 4.79 Å². The number of amides is 1. The van der Waals surface area contributed by atoms with E-state index in [0.29, 0.717) is 17.3 Å². The second kappa shape index (κ2) is 7.31. The molecule has 0 saturated heterocycles. The molecule has 128 valence electrons. The minimum atomic E-state index is -0.462. The Morgan fingerprint density at radius 2 is 1.88 bits per heavy atom. The Balaban J connectivity index is 1.71. The molecule has 0 fully saturated rings. The first kappa shape index (κ1) is 16.9. The predicted molar refractivity (Wildman–Crippen MR) is 93.5 cm³/mol. The van der Waals surface area contributed by atoms with Crippen molar-refractivity contribution in [2.45, 2.75) is 13.1 Å². The molecule has 1 amide bonds. The lowest BCUT2D eigenvalue weighted by Crippen LogP contribution is -2.34. The molecule has 0 aliphatic heterocycles. The molecule has 1 aromatic heterocycles. The van der Waals surface area contributed by atoms with Crippen molar-refractivity contribution in [3.8, 4) is 5.69 Å². The number of rotatable bonds is 5. The SMILES string of the molecule is CN(Cc1cccc(Cl)c1)C(=O)Cn1nnn(-c2ccccc2)c1=O. The molecule has 0 radical (unpaired) electrons. The second-order valence-electron chi connectivity index (χ2n) is 5.55. The average Bonchev–Trinajstić information content (AvgIpc) is 2.96. The highest BCUT2D eigenvalue weighted by Crippen LogP contribution is 2.12. The van der Waals surface area contributed by atoms with Gasteiger partial charge in [-0.2, -0.15) is 9.36 Å². The van der Waals surface area contributed by atoms with Gasteiger partial charge in [-0.3, -0.25) is 4.79 Å². The van der Waals surface area contributed by atoms with E-state index >= 15 is 0 Å². The Morgan fingerprint density at radius 3 is 2.60 bits per heavy atom. The molecule has 2 aromatic carbocycles. The van der Waals surface area contributed by atoms with Crippen LogP contribution < -0.4 is 5.69 Å². The van der Waals surface area contributed by atoms with Crippen LogP contribution >= 0.6 is 11.6 Å². The molecule has 0 spiro atoms.